The third-order valence-corrected chi connectivity index (χ3v) is 7.67. The van der Waals surface area contributed by atoms with Gasteiger partial charge in [0.1, 0.15) is 24.4 Å². The molecule has 216 valence electrons. The first-order valence-corrected chi connectivity index (χ1v) is 12.6. The zero-order valence-corrected chi connectivity index (χ0v) is 21.9. The molecule has 1 aliphatic heterocycles. The van der Waals surface area contributed by atoms with Gasteiger partial charge in [-0.2, -0.15) is 0 Å². The fraction of sp³-hybridized carbons (Fsp3) is 0.556. The van der Waals surface area contributed by atoms with E-state index < -0.39 is 49.1 Å². The van der Waals surface area contributed by atoms with Gasteiger partial charge in [0.15, 0.2) is 23.0 Å². The summed E-state index contributed by atoms with van der Waals surface area (Å²) < 4.78 is 27.7. The molecule has 3 unspecified atom stereocenters. The molecule has 2 aromatic carbocycles. The molecule has 12 heteroatoms. The Morgan fingerprint density at radius 2 is 1.41 bits per heavy atom. The quantitative estimate of drug-likeness (QED) is 0.212. The van der Waals surface area contributed by atoms with E-state index in [0.717, 1.165) is 5.56 Å². The molecule has 8 atom stereocenters. The number of phenols is 1. The Bertz CT molecular complexity index is 1110. The highest BCUT2D eigenvalue weighted by molar-refractivity contribution is 5.58. The molecule has 2 aliphatic rings. The maximum absolute atomic E-state index is 10.5. The molecule has 1 saturated heterocycles. The first-order valence-electron chi connectivity index (χ1n) is 12.6. The fourth-order valence-corrected chi connectivity index (χ4v) is 5.54. The van der Waals surface area contributed by atoms with E-state index in [2.05, 4.69) is 0 Å². The van der Waals surface area contributed by atoms with E-state index in [1.807, 2.05) is 0 Å². The number of rotatable bonds is 9. The van der Waals surface area contributed by atoms with Gasteiger partial charge in [0.05, 0.1) is 27.9 Å². The van der Waals surface area contributed by atoms with Crippen molar-refractivity contribution in [1.82, 2.24) is 0 Å². The number of hydrogen-bond acceptors (Lipinski definition) is 12. The number of benzene rings is 2. The Hall–Kier alpha value is -2.84. The molecule has 1 heterocycles. The predicted octanol–water partition coefficient (Wildman–Crippen LogP) is -0.498. The monoisotopic (exact) mass is 552 g/mol. The number of aliphatic hydroxyl groups is 6. The van der Waals surface area contributed by atoms with Crippen molar-refractivity contribution in [3.8, 4) is 28.7 Å². The van der Waals surface area contributed by atoms with Crippen LogP contribution in [0.4, 0.5) is 0 Å². The van der Waals surface area contributed by atoms with E-state index in [-0.39, 0.29) is 47.9 Å². The van der Waals surface area contributed by atoms with Crippen LogP contribution in [0.15, 0.2) is 24.3 Å². The lowest BCUT2D eigenvalue weighted by atomic mass is 9.67. The summed E-state index contributed by atoms with van der Waals surface area (Å²) in [5.41, 5.74) is 2.17. The number of aromatic hydroxyl groups is 1. The lowest BCUT2D eigenvalue weighted by Crippen LogP contribution is -2.60. The van der Waals surface area contributed by atoms with E-state index in [0.29, 0.717) is 17.5 Å². The van der Waals surface area contributed by atoms with Gasteiger partial charge in [-0.15, -0.1) is 0 Å². The number of phenolic OH excluding ortho intramolecular Hbond substituents is 1. The molecular formula is C27H36O12. The highest BCUT2D eigenvalue weighted by Gasteiger charge is 2.45. The van der Waals surface area contributed by atoms with Crippen LogP contribution in [0.2, 0.25) is 0 Å². The molecule has 1 aliphatic carbocycles. The van der Waals surface area contributed by atoms with Crippen molar-refractivity contribution in [2.75, 3.05) is 41.2 Å². The fourth-order valence-electron chi connectivity index (χ4n) is 5.54. The second kappa shape index (κ2) is 12.1. The molecule has 4 rings (SSSR count). The summed E-state index contributed by atoms with van der Waals surface area (Å²) in [6.07, 6.45) is -6.98. The molecule has 0 saturated carbocycles. The van der Waals surface area contributed by atoms with Crippen LogP contribution >= 0.6 is 0 Å². The smallest absolute Gasteiger partial charge is 0.229 e. The van der Waals surface area contributed by atoms with E-state index in [1.165, 1.54) is 21.3 Å². The normalized spacial score (nSPS) is 30.4. The first kappa shape index (κ1) is 29.2. The molecular weight excluding hydrogens is 516 g/mol. The Morgan fingerprint density at radius 3 is 1.95 bits per heavy atom. The lowest BCUT2D eigenvalue weighted by molar-refractivity contribution is -0.277. The maximum Gasteiger partial charge on any atom is 0.229 e. The van der Waals surface area contributed by atoms with Gasteiger partial charge in [-0.1, -0.05) is 0 Å². The van der Waals surface area contributed by atoms with Crippen molar-refractivity contribution in [3.63, 3.8) is 0 Å². The highest BCUT2D eigenvalue weighted by Crippen LogP contribution is 2.50. The SMILES string of the molecule is COc1cc2c(cc1O[C@@H]1O[C@H](CO)[C@@H](O)[C@H](O)[C@H]1O)C(c1cc(OC)c(O)c(OC)c1)C(CO)C(CO)C2. The number of hydrogen-bond donors (Lipinski definition) is 7. The van der Waals surface area contributed by atoms with Gasteiger partial charge in [0.25, 0.3) is 0 Å². The summed E-state index contributed by atoms with van der Waals surface area (Å²) in [6, 6.07) is 6.67. The Balaban J connectivity index is 1.83. The van der Waals surface area contributed by atoms with Crippen molar-refractivity contribution < 1.29 is 59.4 Å². The maximum atomic E-state index is 10.5. The molecule has 0 bridgehead atoms. The molecule has 39 heavy (non-hydrogen) atoms. The average molecular weight is 553 g/mol. The van der Waals surface area contributed by atoms with Crippen LogP contribution in [-0.2, 0) is 11.2 Å². The highest BCUT2D eigenvalue weighted by atomic mass is 16.7. The minimum absolute atomic E-state index is 0.141. The van der Waals surface area contributed by atoms with Gasteiger partial charge >= 0.3 is 0 Å². The van der Waals surface area contributed by atoms with Crippen molar-refractivity contribution in [3.05, 3.63) is 41.0 Å². The van der Waals surface area contributed by atoms with Gasteiger partial charge < -0.3 is 59.4 Å². The Labute approximate surface area is 225 Å². The van der Waals surface area contributed by atoms with Crippen LogP contribution < -0.4 is 18.9 Å². The van der Waals surface area contributed by atoms with Crippen molar-refractivity contribution in [2.45, 2.75) is 43.0 Å². The van der Waals surface area contributed by atoms with Crippen LogP contribution in [0.3, 0.4) is 0 Å². The molecule has 0 aromatic heterocycles. The topological polar surface area (TPSA) is 188 Å². The molecule has 0 radical (unpaired) electrons. The van der Waals surface area contributed by atoms with Crippen LogP contribution in [-0.4, -0.2) is 108 Å². The predicted molar refractivity (Wildman–Crippen MR) is 135 cm³/mol. The second-order valence-electron chi connectivity index (χ2n) is 9.76. The summed E-state index contributed by atoms with van der Waals surface area (Å²) in [6.45, 7) is -1.05. The van der Waals surface area contributed by atoms with Gasteiger partial charge in [-0.05, 0) is 59.2 Å². The summed E-state index contributed by atoms with van der Waals surface area (Å²) >= 11 is 0. The molecule has 7 N–H and O–H groups in total. The second-order valence-corrected chi connectivity index (χ2v) is 9.76. The molecule has 12 nitrogen and oxygen atoms in total. The molecule has 1 fully saturated rings. The first-order chi connectivity index (χ1) is 18.7. The van der Waals surface area contributed by atoms with Crippen LogP contribution in [0.1, 0.15) is 22.6 Å². The van der Waals surface area contributed by atoms with Gasteiger partial charge in [0.2, 0.25) is 12.0 Å². The van der Waals surface area contributed by atoms with Crippen molar-refractivity contribution in [2.24, 2.45) is 11.8 Å². The summed E-state index contributed by atoms with van der Waals surface area (Å²) in [5, 5.41) is 71.4. The van der Waals surface area contributed by atoms with Crippen LogP contribution in [0.5, 0.6) is 28.7 Å². The third kappa shape index (κ3) is 5.33. The standard InChI is InChI=1S/C27H36O12/c1-35-17-5-12-4-14(9-28)16(10-29)22(13-6-19(36-2)23(31)20(7-13)37-3)15(12)8-18(17)38-27-26(34)25(33)24(32)21(11-30)39-27/h5-8,14,16,21-22,24-34H,4,9-11H2,1-3H3/t14?,16?,21-,22?,24-,25+,26-,27-/m1/s1. The third-order valence-electron chi connectivity index (χ3n) is 7.67. The number of fused-ring (bicyclic) bond motifs is 1. The van der Waals surface area contributed by atoms with E-state index in [1.54, 1.807) is 24.3 Å². The Morgan fingerprint density at radius 1 is 0.769 bits per heavy atom. The van der Waals surface area contributed by atoms with Crippen molar-refractivity contribution >= 4 is 0 Å². The van der Waals surface area contributed by atoms with Crippen molar-refractivity contribution in [1.29, 1.82) is 0 Å². The van der Waals surface area contributed by atoms with E-state index >= 15 is 0 Å². The number of aliphatic hydroxyl groups excluding tert-OH is 6. The largest absolute Gasteiger partial charge is 0.502 e. The van der Waals surface area contributed by atoms with E-state index in [4.69, 9.17) is 23.7 Å². The minimum atomic E-state index is -1.63. The summed E-state index contributed by atoms with van der Waals surface area (Å²) in [4.78, 5) is 0. The number of methoxy groups -OCH3 is 3. The summed E-state index contributed by atoms with van der Waals surface area (Å²) in [5.74, 6) is -0.676. The lowest BCUT2D eigenvalue weighted by Gasteiger charge is -2.41. The van der Waals surface area contributed by atoms with E-state index in [9.17, 15) is 35.7 Å². The summed E-state index contributed by atoms with van der Waals surface area (Å²) in [7, 11) is 4.24. The Kier molecular flexibility index (Phi) is 9.07. The van der Waals surface area contributed by atoms with Gasteiger partial charge in [-0.25, -0.2) is 0 Å². The van der Waals surface area contributed by atoms with Crippen LogP contribution in [0.25, 0.3) is 0 Å². The zero-order chi connectivity index (χ0) is 28.4. The average Bonchev–Trinajstić information content (AvgIpc) is 2.96. The van der Waals surface area contributed by atoms with Gasteiger partial charge in [0, 0.05) is 19.1 Å². The molecule has 0 spiro atoms. The molecule has 0 amide bonds. The number of ether oxygens (including phenoxy) is 5. The zero-order valence-electron chi connectivity index (χ0n) is 21.9. The van der Waals surface area contributed by atoms with Gasteiger partial charge in [-0.3, -0.25) is 0 Å². The molecule has 2 aromatic rings. The minimum Gasteiger partial charge on any atom is -0.502 e. The van der Waals surface area contributed by atoms with Crippen LogP contribution in [0, 0.1) is 11.8 Å².